The molecule has 0 bridgehead atoms. The molecule has 3 nitrogen and oxygen atoms in total. The van der Waals surface area contributed by atoms with Crippen molar-refractivity contribution >= 4 is 38.3 Å². The second-order valence-corrected chi connectivity index (χ2v) is 6.08. The lowest BCUT2D eigenvalue weighted by Gasteiger charge is -2.19. The maximum atomic E-state index is 5.98. The van der Waals surface area contributed by atoms with E-state index in [0.29, 0.717) is 12.1 Å². The quantitative estimate of drug-likeness (QED) is 0.926. The summed E-state index contributed by atoms with van der Waals surface area (Å²) in [5, 5.41) is 5.13. The Morgan fingerprint density at radius 3 is 3.22 bits per heavy atom. The Kier molecular flexibility index (Phi) is 3.41. The molecule has 5 heteroatoms. The molecule has 1 aromatic heterocycles. The number of hydrogen-bond donors (Lipinski definition) is 1. The molecule has 0 amide bonds. The Hall–Kier alpha value is -0.840. The third-order valence-electron chi connectivity index (χ3n) is 3.22. The minimum absolute atomic E-state index is 0.295. The van der Waals surface area contributed by atoms with E-state index >= 15 is 0 Å². The summed E-state index contributed by atoms with van der Waals surface area (Å²) in [6.45, 7) is 3.03. The summed E-state index contributed by atoms with van der Waals surface area (Å²) < 4.78 is 6.79. The normalized spacial score (nSPS) is 21.3. The van der Waals surface area contributed by atoms with E-state index in [4.69, 9.17) is 16.3 Å². The highest BCUT2D eigenvalue weighted by atomic mass is 35.5. The van der Waals surface area contributed by atoms with Crippen LogP contribution in [0, 0.1) is 0 Å². The van der Waals surface area contributed by atoms with Crippen molar-refractivity contribution in [2.45, 2.75) is 31.9 Å². The van der Waals surface area contributed by atoms with Gasteiger partial charge in [-0.3, -0.25) is 0 Å². The fourth-order valence-corrected chi connectivity index (χ4v) is 3.48. The van der Waals surface area contributed by atoms with Crippen LogP contribution in [-0.2, 0) is 4.74 Å². The highest BCUT2D eigenvalue weighted by Gasteiger charge is 2.22. The van der Waals surface area contributed by atoms with Crippen LogP contribution in [0.1, 0.15) is 19.8 Å². The molecule has 1 aliphatic rings. The molecule has 1 N–H and O–H groups in total. The van der Waals surface area contributed by atoms with Crippen molar-refractivity contribution in [1.82, 2.24) is 4.98 Å². The van der Waals surface area contributed by atoms with Crippen molar-refractivity contribution in [2.75, 3.05) is 11.9 Å². The third-order valence-corrected chi connectivity index (χ3v) is 4.41. The highest BCUT2D eigenvalue weighted by molar-refractivity contribution is 7.22. The van der Waals surface area contributed by atoms with Crippen molar-refractivity contribution in [3.63, 3.8) is 0 Å². The van der Waals surface area contributed by atoms with Crippen molar-refractivity contribution in [2.24, 2.45) is 0 Å². The van der Waals surface area contributed by atoms with Gasteiger partial charge in [0.05, 0.1) is 22.4 Å². The van der Waals surface area contributed by atoms with E-state index in [2.05, 4.69) is 17.2 Å². The van der Waals surface area contributed by atoms with E-state index < -0.39 is 0 Å². The number of benzene rings is 1. The molecule has 2 aromatic rings. The van der Waals surface area contributed by atoms with Gasteiger partial charge in [0.25, 0.3) is 0 Å². The first-order valence-electron chi connectivity index (χ1n) is 6.16. The highest BCUT2D eigenvalue weighted by Crippen LogP contribution is 2.29. The minimum atomic E-state index is 0.295. The average Bonchev–Trinajstić information content (AvgIpc) is 2.95. The second kappa shape index (κ2) is 5.03. The molecule has 2 heterocycles. The summed E-state index contributed by atoms with van der Waals surface area (Å²) in [7, 11) is 0. The first-order chi connectivity index (χ1) is 8.72. The van der Waals surface area contributed by atoms with Gasteiger partial charge >= 0.3 is 0 Å². The number of fused-ring (bicyclic) bond motifs is 1. The number of aromatic nitrogens is 1. The van der Waals surface area contributed by atoms with E-state index in [9.17, 15) is 0 Å². The first kappa shape index (κ1) is 12.2. The largest absolute Gasteiger partial charge is 0.376 e. The van der Waals surface area contributed by atoms with Crippen molar-refractivity contribution in [1.29, 1.82) is 0 Å². The lowest BCUT2D eigenvalue weighted by atomic mass is 10.1. The van der Waals surface area contributed by atoms with Crippen LogP contribution in [0.3, 0.4) is 0 Å². The molecule has 0 saturated carbocycles. The van der Waals surface area contributed by atoms with Gasteiger partial charge in [-0.2, -0.15) is 0 Å². The lowest BCUT2D eigenvalue weighted by Crippen LogP contribution is -2.29. The smallest absolute Gasteiger partial charge is 0.184 e. The summed E-state index contributed by atoms with van der Waals surface area (Å²) in [4.78, 5) is 4.56. The average molecular weight is 283 g/mol. The van der Waals surface area contributed by atoms with Crippen LogP contribution in [0.4, 0.5) is 5.13 Å². The number of nitrogens with zero attached hydrogens (tertiary/aromatic N) is 1. The predicted molar refractivity (Wildman–Crippen MR) is 76.7 cm³/mol. The lowest BCUT2D eigenvalue weighted by molar-refractivity contribution is 0.0996. The zero-order valence-corrected chi connectivity index (χ0v) is 11.7. The monoisotopic (exact) mass is 282 g/mol. The molecule has 96 valence electrons. The molecule has 18 heavy (non-hydrogen) atoms. The molecule has 2 unspecified atom stereocenters. The number of rotatable bonds is 3. The maximum absolute atomic E-state index is 5.98. The molecule has 0 aliphatic carbocycles. The Balaban J connectivity index is 1.77. The van der Waals surface area contributed by atoms with Gasteiger partial charge in [0, 0.05) is 11.6 Å². The predicted octanol–water partition coefficient (Wildman–Crippen LogP) is 3.93. The van der Waals surface area contributed by atoms with Crippen LogP contribution in [0.25, 0.3) is 10.2 Å². The van der Waals surface area contributed by atoms with Gasteiger partial charge in [-0.15, -0.1) is 0 Å². The Morgan fingerprint density at radius 1 is 1.56 bits per heavy atom. The molecule has 0 spiro atoms. The van der Waals surface area contributed by atoms with E-state index in [1.165, 1.54) is 0 Å². The molecule has 1 fully saturated rings. The number of halogens is 1. The molecule has 1 aromatic carbocycles. The topological polar surface area (TPSA) is 34.2 Å². The standard InChI is InChI=1S/C13H15ClN2OS/c1-8(11-3-2-6-17-11)15-13-16-10-5-4-9(14)7-12(10)18-13/h4-5,7-8,11H,2-3,6H2,1H3,(H,15,16). The number of thiazole rings is 1. The maximum Gasteiger partial charge on any atom is 0.184 e. The molecular weight excluding hydrogens is 268 g/mol. The van der Waals surface area contributed by atoms with E-state index in [-0.39, 0.29) is 0 Å². The molecule has 1 saturated heterocycles. The molecule has 2 atom stereocenters. The fourth-order valence-electron chi connectivity index (χ4n) is 2.24. The zero-order valence-electron chi connectivity index (χ0n) is 10.1. The van der Waals surface area contributed by atoms with Gasteiger partial charge in [0.15, 0.2) is 5.13 Å². The second-order valence-electron chi connectivity index (χ2n) is 4.62. The molecular formula is C13H15ClN2OS. The zero-order chi connectivity index (χ0) is 12.5. The summed E-state index contributed by atoms with van der Waals surface area (Å²) in [5.41, 5.74) is 0.992. The van der Waals surface area contributed by atoms with Crippen molar-refractivity contribution in [3.8, 4) is 0 Å². The summed E-state index contributed by atoms with van der Waals surface area (Å²) >= 11 is 7.61. The summed E-state index contributed by atoms with van der Waals surface area (Å²) in [5.74, 6) is 0. The van der Waals surface area contributed by atoms with E-state index in [0.717, 1.165) is 39.8 Å². The van der Waals surface area contributed by atoms with Crippen molar-refractivity contribution in [3.05, 3.63) is 23.2 Å². The Bertz CT molecular complexity index is 551. The van der Waals surface area contributed by atoms with Crippen LogP contribution in [-0.4, -0.2) is 23.7 Å². The Morgan fingerprint density at radius 2 is 2.44 bits per heavy atom. The van der Waals surface area contributed by atoms with Crippen LogP contribution >= 0.6 is 22.9 Å². The van der Waals surface area contributed by atoms with E-state index in [1.807, 2.05) is 18.2 Å². The Labute approximate surface area is 115 Å². The minimum Gasteiger partial charge on any atom is -0.376 e. The number of hydrogen-bond acceptors (Lipinski definition) is 4. The van der Waals surface area contributed by atoms with Crippen LogP contribution in [0.5, 0.6) is 0 Å². The molecule has 0 radical (unpaired) electrons. The van der Waals surface area contributed by atoms with Gasteiger partial charge in [-0.25, -0.2) is 4.98 Å². The third kappa shape index (κ3) is 2.46. The van der Waals surface area contributed by atoms with Crippen LogP contribution in [0.15, 0.2) is 18.2 Å². The van der Waals surface area contributed by atoms with Gasteiger partial charge in [-0.1, -0.05) is 22.9 Å². The summed E-state index contributed by atoms with van der Waals surface area (Å²) in [6, 6.07) is 6.08. The SMILES string of the molecule is CC(Nc1nc2ccc(Cl)cc2s1)C1CCCO1. The van der Waals surface area contributed by atoms with Gasteiger partial charge in [-0.05, 0) is 38.0 Å². The number of ether oxygens (including phenoxy) is 1. The van der Waals surface area contributed by atoms with Crippen LogP contribution in [0.2, 0.25) is 5.02 Å². The first-order valence-corrected chi connectivity index (χ1v) is 7.36. The summed E-state index contributed by atoms with van der Waals surface area (Å²) in [6.07, 6.45) is 2.59. The number of anilines is 1. The molecule has 1 aliphatic heterocycles. The van der Waals surface area contributed by atoms with Gasteiger partial charge in [0.2, 0.25) is 0 Å². The number of nitrogens with one attached hydrogen (secondary N) is 1. The van der Waals surface area contributed by atoms with Crippen molar-refractivity contribution < 1.29 is 4.74 Å². The molecule has 3 rings (SSSR count). The van der Waals surface area contributed by atoms with Gasteiger partial charge in [0.1, 0.15) is 0 Å². The fraction of sp³-hybridized carbons (Fsp3) is 0.462. The van der Waals surface area contributed by atoms with Gasteiger partial charge < -0.3 is 10.1 Å². The van der Waals surface area contributed by atoms with Crippen LogP contribution < -0.4 is 5.32 Å². The van der Waals surface area contributed by atoms with E-state index in [1.54, 1.807) is 11.3 Å².